The zero-order valence-electron chi connectivity index (χ0n) is 12.0. The summed E-state index contributed by atoms with van der Waals surface area (Å²) >= 11 is 0. The summed E-state index contributed by atoms with van der Waals surface area (Å²) in [7, 11) is 1.96. The lowest BCUT2D eigenvalue weighted by Crippen LogP contribution is -2.30. The first-order valence-corrected chi connectivity index (χ1v) is 6.80. The Kier molecular flexibility index (Phi) is 3.29. The van der Waals surface area contributed by atoms with Crippen molar-refractivity contribution in [1.29, 1.82) is 0 Å². The number of carbonyl (C=O) groups is 1. The Bertz CT molecular complexity index is 819. The molecule has 0 aliphatic rings. The molecule has 3 nitrogen and oxygen atoms in total. The second-order valence-electron chi connectivity index (χ2n) is 5.17. The minimum atomic E-state index is -0.268. The highest BCUT2D eigenvalue weighted by atomic mass is 19.1. The number of aryl methyl sites for hydroxylation is 1. The van der Waals surface area contributed by atoms with E-state index in [9.17, 15) is 9.18 Å². The highest BCUT2D eigenvalue weighted by molar-refractivity contribution is 5.81. The smallest absolute Gasteiger partial charge is 0.290 e. The molecule has 0 spiro atoms. The summed E-state index contributed by atoms with van der Waals surface area (Å²) in [6.07, 6.45) is 0. The van der Waals surface area contributed by atoms with Gasteiger partial charge in [0.25, 0.3) is 5.82 Å². The zero-order valence-corrected chi connectivity index (χ0v) is 12.0. The predicted molar refractivity (Wildman–Crippen MR) is 79.2 cm³/mol. The number of ketones is 1. The van der Waals surface area contributed by atoms with Crippen LogP contribution in [-0.2, 0) is 18.4 Å². The van der Waals surface area contributed by atoms with Crippen molar-refractivity contribution in [2.45, 2.75) is 13.5 Å². The number of nitrogens with zero attached hydrogens (tertiary/aromatic N) is 2. The van der Waals surface area contributed by atoms with Gasteiger partial charge in [-0.1, -0.05) is 12.1 Å². The summed E-state index contributed by atoms with van der Waals surface area (Å²) in [5, 5.41) is 0. The van der Waals surface area contributed by atoms with Crippen molar-refractivity contribution >= 4 is 16.8 Å². The highest BCUT2D eigenvalue weighted by Crippen LogP contribution is 2.23. The molecule has 3 aromatic rings. The molecule has 0 fully saturated rings. The van der Waals surface area contributed by atoms with E-state index in [-0.39, 0.29) is 11.6 Å². The van der Waals surface area contributed by atoms with Crippen molar-refractivity contribution in [2.75, 3.05) is 0 Å². The number of fused-ring (bicyclic) bond motifs is 1. The zero-order chi connectivity index (χ0) is 15.0. The van der Waals surface area contributed by atoms with Crippen molar-refractivity contribution in [2.24, 2.45) is 7.05 Å². The third-order valence-corrected chi connectivity index (χ3v) is 3.59. The molecule has 4 heteroatoms. The van der Waals surface area contributed by atoms with Crippen LogP contribution in [0.15, 0.2) is 48.5 Å². The number of halogens is 1. The number of hydrogen-bond donors (Lipinski definition) is 0. The van der Waals surface area contributed by atoms with Crippen LogP contribution in [0.1, 0.15) is 6.92 Å². The van der Waals surface area contributed by atoms with Crippen LogP contribution in [0.4, 0.5) is 4.39 Å². The van der Waals surface area contributed by atoms with E-state index in [1.165, 1.54) is 12.1 Å². The van der Waals surface area contributed by atoms with Crippen molar-refractivity contribution in [3.05, 3.63) is 54.3 Å². The molecular weight excluding hydrogens is 267 g/mol. The summed E-state index contributed by atoms with van der Waals surface area (Å²) < 4.78 is 17.2. The summed E-state index contributed by atoms with van der Waals surface area (Å²) in [6.45, 7) is 1.87. The monoisotopic (exact) mass is 283 g/mol. The Hall–Kier alpha value is -2.49. The van der Waals surface area contributed by atoms with Crippen LogP contribution in [0, 0.1) is 5.82 Å². The third-order valence-electron chi connectivity index (χ3n) is 3.59. The summed E-state index contributed by atoms with van der Waals surface area (Å²) in [6, 6.07) is 14.3. The van der Waals surface area contributed by atoms with Crippen molar-refractivity contribution < 1.29 is 13.8 Å². The van der Waals surface area contributed by atoms with Gasteiger partial charge in [-0.2, -0.15) is 0 Å². The van der Waals surface area contributed by atoms with E-state index in [2.05, 4.69) is 0 Å². The van der Waals surface area contributed by atoms with Gasteiger partial charge in [-0.15, -0.1) is 0 Å². The van der Waals surface area contributed by atoms with E-state index in [4.69, 9.17) is 0 Å². The molecule has 1 aromatic heterocycles. The fourth-order valence-corrected chi connectivity index (χ4v) is 2.72. The lowest BCUT2D eigenvalue weighted by Gasteiger charge is -2.02. The molecule has 106 valence electrons. The molecule has 1 heterocycles. The van der Waals surface area contributed by atoms with Gasteiger partial charge in [0, 0.05) is 0 Å². The van der Waals surface area contributed by atoms with Gasteiger partial charge in [0.2, 0.25) is 0 Å². The fourth-order valence-electron chi connectivity index (χ4n) is 2.72. The molecular formula is C17H16FN2O+. The maximum absolute atomic E-state index is 13.2. The lowest BCUT2D eigenvalue weighted by molar-refractivity contribution is -0.634. The molecule has 0 saturated carbocycles. The van der Waals surface area contributed by atoms with Crippen molar-refractivity contribution in [3.8, 4) is 11.4 Å². The molecule has 0 unspecified atom stereocenters. The summed E-state index contributed by atoms with van der Waals surface area (Å²) in [5.41, 5.74) is 2.92. The molecule has 0 atom stereocenters. The SMILES string of the molecule is CC(=O)Cn1c(-c2ccc(F)cc2)[n+](C)c2ccccc21. The lowest BCUT2D eigenvalue weighted by atomic mass is 10.2. The Morgan fingerprint density at radius 2 is 1.81 bits per heavy atom. The molecule has 0 saturated heterocycles. The number of imidazole rings is 1. The number of rotatable bonds is 3. The average Bonchev–Trinajstić information content (AvgIpc) is 2.73. The summed E-state index contributed by atoms with van der Waals surface area (Å²) in [4.78, 5) is 11.6. The molecule has 0 bridgehead atoms. The van der Waals surface area contributed by atoms with E-state index in [0.29, 0.717) is 6.54 Å². The number of hydrogen-bond acceptors (Lipinski definition) is 1. The molecule has 0 radical (unpaired) electrons. The van der Waals surface area contributed by atoms with Gasteiger partial charge in [0.05, 0.1) is 12.6 Å². The third kappa shape index (κ3) is 2.33. The first-order chi connectivity index (χ1) is 10.1. The van der Waals surface area contributed by atoms with E-state index >= 15 is 0 Å². The number of benzene rings is 2. The Morgan fingerprint density at radius 1 is 1.14 bits per heavy atom. The number of aromatic nitrogens is 2. The second-order valence-corrected chi connectivity index (χ2v) is 5.17. The van der Waals surface area contributed by atoms with E-state index in [1.807, 2.05) is 40.4 Å². The van der Waals surface area contributed by atoms with E-state index in [0.717, 1.165) is 22.4 Å². The normalized spacial score (nSPS) is 11.0. The first kappa shape index (κ1) is 13.5. The molecule has 0 aliphatic heterocycles. The van der Waals surface area contributed by atoms with Crippen LogP contribution in [0.5, 0.6) is 0 Å². The first-order valence-electron chi connectivity index (χ1n) is 6.80. The second kappa shape index (κ2) is 5.13. The van der Waals surface area contributed by atoms with Crippen molar-refractivity contribution in [3.63, 3.8) is 0 Å². The maximum atomic E-state index is 13.2. The van der Waals surface area contributed by atoms with Crippen LogP contribution in [0.25, 0.3) is 22.4 Å². The molecule has 0 N–H and O–H groups in total. The molecule has 3 rings (SSSR count). The van der Waals surface area contributed by atoms with E-state index in [1.54, 1.807) is 19.1 Å². The van der Waals surface area contributed by atoms with Gasteiger partial charge in [-0.3, -0.25) is 4.79 Å². The number of Topliss-reactive ketones (excluding diaryl/α,β-unsaturated/α-hetero) is 1. The fraction of sp³-hybridized carbons (Fsp3) is 0.176. The minimum Gasteiger partial charge on any atom is -0.296 e. The molecule has 0 aliphatic carbocycles. The van der Waals surface area contributed by atoms with Crippen LogP contribution < -0.4 is 4.57 Å². The maximum Gasteiger partial charge on any atom is 0.290 e. The van der Waals surface area contributed by atoms with Crippen LogP contribution in [-0.4, -0.2) is 10.4 Å². The predicted octanol–water partition coefficient (Wildman–Crippen LogP) is 2.86. The average molecular weight is 283 g/mol. The Labute approximate surface area is 122 Å². The quantitative estimate of drug-likeness (QED) is 0.679. The highest BCUT2D eigenvalue weighted by Gasteiger charge is 2.24. The van der Waals surface area contributed by atoms with Gasteiger partial charge >= 0.3 is 0 Å². The topological polar surface area (TPSA) is 25.9 Å². The molecule has 0 amide bonds. The summed E-state index contributed by atoms with van der Waals surface area (Å²) in [5.74, 6) is 0.710. The van der Waals surface area contributed by atoms with Gasteiger partial charge in [0.15, 0.2) is 16.8 Å². The number of carbonyl (C=O) groups excluding carboxylic acids is 1. The Morgan fingerprint density at radius 3 is 2.48 bits per heavy atom. The van der Waals surface area contributed by atoms with Crippen LogP contribution >= 0.6 is 0 Å². The van der Waals surface area contributed by atoms with Gasteiger partial charge < -0.3 is 0 Å². The van der Waals surface area contributed by atoms with Crippen LogP contribution in [0.3, 0.4) is 0 Å². The van der Waals surface area contributed by atoms with Crippen LogP contribution in [0.2, 0.25) is 0 Å². The number of para-hydroxylation sites is 2. The molecule has 21 heavy (non-hydrogen) atoms. The Balaban J connectivity index is 2.31. The molecule has 2 aromatic carbocycles. The van der Waals surface area contributed by atoms with E-state index < -0.39 is 0 Å². The largest absolute Gasteiger partial charge is 0.296 e. The standard InChI is InChI=1S/C17H16FN2O/c1-12(21)11-20-16-6-4-3-5-15(16)19(2)17(20)13-7-9-14(18)10-8-13/h3-10H,11H2,1-2H3/q+1. The minimum absolute atomic E-state index is 0.0831. The van der Waals surface area contributed by atoms with Gasteiger partial charge in [0.1, 0.15) is 12.4 Å². The van der Waals surface area contributed by atoms with Gasteiger partial charge in [-0.25, -0.2) is 13.5 Å². The van der Waals surface area contributed by atoms with Crippen molar-refractivity contribution in [1.82, 2.24) is 4.57 Å². The van der Waals surface area contributed by atoms with Gasteiger partial charge in [-0.05, 0) is 43.3 Å².